The standard InChI is InChI=1S/C11H17BrN4O2/c1-8(2)15(3)5-4-13-11-10(12)6-9(7-14-11)16(17)18/h6-8H,4-5H2,1-3H3,(H,13,14). The molecule has 0 bridgehead atoms. The van der Waals surface area contributed by atoms with E-state index in [1.165, 1.54) is 12.3 Å². The lowest BCUT2D eigenvalue weighted by molar-refractivity contribution is -0.385. The van der Waals surface area contributed by atoms with Crippen LogP contribution in [-0.4, -0.2) is 41.0 Å². The first-order chi connectivity index (χ1) is 8.41. The van der Waals surface area contributed by atoms with Crippen molar-refractivity contribution in [1.82, 2.24) is 9.88 Å². The average Bonchev–Trinajstić information content (AvgIpc) is 2.30. The lowest BCUT2D eigenvalue weighted by atomic mass is 10.3. The normalized spacial score (nSPS) is 11.0. The van der Waals surface area contributed by atoms with Gasteiger partial charge in [-0.25, -0.2) is 4.98 Å². The molecule has 0 aromatic carbocycles. The van der Waals surface area contributed by atoms with Crippen molar-refractivity contribution in [2.45, 2.75) is 19.9 Å². The van der Waals surface area contributed by atoms with Gasteiger partial charge in [0, 0.05) is 25.2 Å². The Morgan fingerprint density at radius 2 is 2.28 bits per heavy atom. The fourth-order valence-electron chi connectivity index (χ4n) is 1.27. The number of pyridine rings is 1. The van der Waals surface area contributed by atoms with Gasteiger partial charge in [-0.1, -0.05) is 0 Å². The lowest BCUT2D eigenvalue weighted by Crippen LogP contribution is -2.31. The zero-order valence-electron chi connectivity index (χ0n) is 10.7. The summed E-state index contributed by atoms with van der Waals surface area (Å²) < 4.78 is 0.601. The first kappa shape index (κ1) is 14.8. The second kappa shape index (κ2) is 6.65. The van der Waals surface area contributed by atoms with Gasteiger partial charge in [0.2, 0.25) is 0 Å². The average molecular weight is 317 g/mol. The molecule has 0 saturated carbocycles. The molecule has 0 aliphatic heterocycles. The van der Waals surface area contributed by atoms with Gasteiger partial charge in [-0.05, 0) is 36.8 Å². The quantitative estimate of drug-likeness (QED) is 0.645. The van der Waals surface area contributed by atoms with Crippen molar-refractivity contribution in [2.75, 3.05) is 25.5 Å². The van der Waals surface area contributed by atoms with Crippen LogP contribution in [0.25, 0.3) is 0 Å². The van der Waals surface area contributed by atoms with Crippen molar-refractivity contribution in [3.05, 3.63) is 26.9 Å². The summed E-state index contributed by atoms with van der Waals surface area (Å²) in [4.78, 5) is 16.3. The Labute approximate surface area is 115 Å². The van der Waals surface area contributed by atoms with Crippen molar-refractivity contribution in [3.8, 4) is 0 Å². The van der Waals surface area contributed by atoms with E-state index in [2.05, 4.69) is 45.0 Å². The topological polar surface area (TPSA) is 71.3 Å². The fraction of sp³-hybridized carbons (Fsp3) is 0.545. The van der Waals surface area contributed by atoms with Gasteiger partial charge in [-0.2, -0.15) is 0 Å². The predicted octanol–water partition coefficient (Wildman–Crippen LogP) is 2.50. The van der Waals surface area contributed by atoms with Crippen LogP contribution in [0.4, 0.5) is 11.5 Å². The van der Waals surface area contributed by atoms with Crippen LogP contribution in [0.3, 0.4) is 0 Å². The molecule has 1 heterocycles. The third-order valence-corrected chi connectivity index (χ3v) is 3.28. The molecule has 1 rings (SSSR count). The number of nitrogens with zero attached hydrogens (tertiary/aromatic N) is 3. The van der Waals surface area contributed by atoms with Gasteiger partial charge in [0.05, 0.1) is 9.40 Å². The number of hydrogen-bond acceptors (Lipinski definition) is 5. The fourth-order valence-corrected chi connectivity index (χ4v) is 1.74. The van der Waals surface area contributed by atoms with Gasteiger partial charge in [0.15, 0.2) is 0 Å². The molecule has 100 valence electrons. The van der Waals surface area contributed by atoms with Crippen LogP contribution in [-0.2, 0) is 0 Å². The number of nitrogens with one attached hydrogen (secondary N) is 1. The summed E-state index contributed by atoms with van der Waals surface area (Å²) in [6, 6.07) is 1.93. The highest BCUT2D eigenvalue weighted by molar-refractivity contribution is 9.10. The summed E-state index contributed by atoms with van der Waals surface area (Å²) in [5.74, 6) is 0.623. The molecule has 1 aromatic heterocycles. The molecule has 0 saturated heterocycles. The van der Waals surface area contributed by atoms with Gasteiger partial charge in [0.25, 0.3) is 5.69 Å². The summed E-state index contributed by atoms with van der Waals surface area (Å²) in [5.41, 5.74) is -0.0216. The Morgan fingerprint density at radius 1 is 1.61 bits per heavy atom. The number of hydrogen-bond donors (Lipinski definition) is 1. The van der Waals surface area contributed by atoms with E-state index in [0.29, 0.717) is 16.3 Å². The smallest absolute Gasteiger partial charge is 0.288 e. The molecular weight excluding hydrogens is 300 g/mol. The van der Waals surface area contributed by atoms with Gasteiger partial charge in [-0.3, -0.25) is 10.1 Å². The van der Waals surface area contributed by atoms with E-state index < -0.39 is 4.92 Å². The molecular formula is C11H17BrN4O2. The summed E-state index contributed by atoms with van der Waals surface area (Å²) >= 11 is 3.27. The van der Waals surface area contributed by atoms with Crippen LogP contribution in [0, 0.1) is 10.1 Å². The van der Waals surface area contributed by atoms with Crippen molar-refractivity contribution >= 4 is 27.4 Å². The maximum absolute atomic E-state index is 10.6. The van der Waals surface area contributed by atoms with Crippen molar-refractivity contribution in [1.29, 1.82) is 0 Å². The van der Waals surface area contributed by atoms with E-state index >= 15 is 0 Å². The van der Waals surface area contributed by atoms with Crippen LogP contribution < -0.4 is 5.32 Å². The number of likely N-dealkylation sites (N-methyl/N-ethyl adjacent to an activating group) is 1. The van der Waals surface area contributed by atoms with Gasteiger partial charge >= 0.3 is 0 Å². The van der Waals surface area contributed by atoms with E-state index in [4.69, 9.17) is 0 Å². The minimum Gasteiger partial charge on any atom is -0.368 e. The molecule has 0 amide bonds. The van der Waals surface area contributed by atoms with Crippen LogP contribution >= 0.6 is 15.9 Å². The highest BCUT2D eigenvalue weighted by atomic mass is 79.9. The lowest BCUT2D eigenvalue weighted by Gasteiger charge is -2.21. The Morgan fingerprint density at radius 3 is 2.78 bits per heavy atom. The maximum atomic E-state index is 10.6. The number of anilines is 1. The second-order valence-electron chi connectivity index (χ2n) is 4.28. The monoisotopic (exact) mass is 316 g/mol. The minimum atomic E-state index is -0.464. The molecule has 0 spiro atoms. The number of aromatic nitrogens is 1. The van der Waals surface area contributed by atoms with Gasteiger partial charge in [0.1, 0.15) is 12.0 Å². The molecule has 0 atom stereocenters. The summed E-state index contributed by atoms with van der Waals surface area (Å²) in [6.07, 6.45) is 1.25. The van der Waals surface area contributed by atoms with Gasteiger partial charge < -0.3 is 10.2 Å². The molecule has 1 aromatic rings. The van der Waals surface area contributed by atoms with E-state index in [1.807, 2.05) is 7.05 Å². The number of nitro groups is 1. The molecule has 18 heavy (non-hydrogen) atoms. The van der Waals surface area contributed by atoms with Crippen LogP contribution in [0.2, 0.25) is 0 Å². The predicted molar refractivity (Wildman–Crippen MR) is 74.8 cm³/mol. The zero-order valence-corrected chi connectivity index (χ0v) is 12.3. The highest BCUT2D eigenvalue weighted by Gasteiger charge is 2.10. The third kappa shape index (κ3) is 4.23. The van der Waals surface area contributed by atoms with E-state index in [1.54, 1.807) is 0 Å². The Kier molecular flexibility index (Phi) is 5.49. The molecule has 0 aliphatic carbocycles. The van der Waals surface area contributed by atoms with Crippen LogP contribution in [0.5, 0.6) is 0 Å². The van der Waals surface area contributed by atoms with Crippen molar-refractivity contribution in [2.24, 2.45) is 0 Å². The number of halogens is 1. The Bertz CT molecular complexity index is 426. The van der Waals surface area contributed by atoms with E-state index in [-0.39, 0.29) is 5.69 Å². The third-order valence-electron chi connectivity index (χ3n) is 2.68. The Balaban J connectivity index is 2.56. The molecule has 0 fully saturated rings. The summed E-state index contributed by atoms with van der Waals surface area (Å²) in [6.45, 7) is 5.86. The van der Waals surface area contributed by atoms with Crippen LogP contribution in [0.1, 0.15) is 13.8 Å². The first-order valence-corrected chi connectivity index (χ1v) is 6.45. The molecule has 0 radical (unpaired) electrons. The minimum absolute atomic E-state index is 0.0216. The molecule has 0 aliphatic rings. The molecule has 6 nitrogen and oxygen atoms in total. The number of rotatable bonds is 6. The highest BCUT2D eigenvalue weighted by Crippen LogP contribution is 2.24. The maximum Gasteiger partial charge on any atom is 0.288 e. The summed E-state index contributed by atoms with van der Waals surface area (Å²) in [5, 5.41) is 13.7. The zero-order chi connectivity index (χ0) is 13.7. The van der Waals surface area contributed by atoms with Crippen molar-refractivity contribution in [3.63, 3.8) is 0 Å². The Hall–Kier alpha value is -1.21. The van der Waals surface area contributed by atoms with E-state index in [0.717, 1.165) is 13.1 Å². The largest absolute Gasteiger partial charge is 0.368 e. The SMILES string of the molecule is CC(C)N(C)CCNc1ncc([N+](=O)[O-])cc1Br. The summed E-state index contributed by atoms with van der Waals surface area (Å²) in [7, 11) is 2.05. The second-order valence-corrected chi connectivity index (χ2v) is 5.14. The van der Waals surface area contributed by atoms with E-state index in [9.17, 15) is 10.1 Å². The molecule has 0 unspecified atom stereocenters. The molecule has 7 heteroatoms. The molecule has 1 N–H and O–H groups in total. The van der Waals surface area contributed by atoms with Gasteiger partial charge in [-0.15, -0.1) is 0 Å². The first-order valence-electron chi connectivity index (χ1n) is 5.66. The van der Waals surface area contributed by atoms with Crippen LogP contribution in [0.15, 0.2) is 16.7 Å². The van der Waals surface area contributed by atoms with Crippen molar-refractivity contribution < 1.29 is 4.92 Å².